The Morgan fingerprint density at radius 3 is 2.70 bits per heavy atom. The van der Waals surface area contributed by atoms with Gasteiger partial charge in [0.1, 0.15) is 6.04 Å². The third kappa shape index (κ3) is 6.63. The first-order valence-electron chi connectivity index (χ1n) is 8.94. The molecule has 1 heterocycles. The normalized spacial score (nSPS) is 16.6. The maximum Gasteiger partial charge on any atom is 0.308 e. The van der Waals surface area contributed by atoms with E-state index in [9.17, 15) is 14.4 Å². The standard InChI is InChI=1S/C19H25N3O4S/c1-13(2)12-26-17(24)11-15-18(25)20-8-9-22(15)19(27)21-16(23)10-14-6-4-3-5-7-14/h3-7,13,15H,8-12H2,1-2H3,(H,20,25)(H,21,23,27). The van der Waals surface area contributed by atoms with Gasteiger partial charge in [-0.1, -0.05) is 44.2 Å². The number of piperazine rings is 1. The highest BCUT2D eigenvalue weighted by Crippen LogP contribution is 2.11. The Kier molecular flexibility index (Phi) is 7.72. The maximum absolute atomic E-state index is 12.2. The number of esters is 1. The summed E-state index contributed by atoms with van der Waals surface area (Å²) in [7, 11) is 0. The van der Waals surface area contributed by atoms with Crippen LogP contribution in [0.3, 0.4) is 0 Å². The van der Waals surface area contributed by atoms with Crippen molar-refractivity contribution in [3.63, 3.8) is 0 Å². The third-order valence-electron chi connectivity index (χ3n) is 3.98. The maximum atomic E-state index is 12.2. The van der Waals surface area contributed by atoms with Crippen LogP contribution in [0, 0.1) is 5.92 Å². The monoisotopic (exact) mass is 391 g/mol. The van der Waals surface area contributed by atoms with Crippen LogP contribution in [-0.2, 0) is 25.5 Å². The molecule has 2 amide bonds. The predicted molar refractivity (Wildman–Crippen MR) is 105 cm³/mol. The fourth-order valence-corrected chi connectivity index (χ4v) is 2.99. The van der Waals surface area contributed by atoms with Gasteiger partial charge in [-0.2, -0.15) is 0 Å². The highest BCUT2D eigenvalue weighted by molar-refractivity contribution is 7.80. The van der Waals surface area contributed by atoms with Crippen LogP contribution in [0.15, 0.2) is 30.3 Å². The predicted octanol–water partition coefficient (Wildman–Crippen LogP) is 1.02. The van der Waals surface area contributed by atoms with Crippen LogP contribution in [0.4, 0.5) is 0 Å². The number of amides is 2. The van der Waals surface area contributed by atoms with Crippen molar-refractivity contribution < 1.29 is 19.1 Å². The molecule has 146 valence electrons. The molecule has 7 nitrogen and oxygen atoms in total. The number of nitrogens with zero attached hydrogens (tertiary/aromatic N) is 1. The number of hydrogen-bond acceptors (Lipinski definition) is 5. The molecule has 1 fully saturated rings. The Bertz CT molecular complexity index is 693. The van der Waals surface area contributed by atoms with Gasteiger partial charge in [-0.3, -0.25) is 14.4 Å². The summed E-state index contributed by atoms with van der Waals surface area (Å²) in [5.74, 6) is -0.821. The number of benzene rings is 1. The number of thiocarbonyl (C=S) groups is 1. The smallest absolute Gasteiger partial charge is 0.308 e. The largest absolute Gasteiger partial charge is 0.465 e. The van der Waals surface area contributed by atoms with Gasteiger partial charge in [0.25, 0.3) is 0 Å². The number of ether oxygens (including phenoxy) is 1. The quantitative estimate of drug-likeness (QED) is 0.556. The van der Waals surface area contributed by atoms with Crippen molar-refractivity contribution in [2.24, 2.45) is 5.92 Å². The van der Waals surface area contributed by atoms with Gasteiger partial charge in [0.05, 0.1) is 19.4 Å². The zero-order chi connectivity index (χ0) is 19.8. The molecular weight excluding hydrogens is 366 g/mol. The second-order valence-corrected chi connectivity index (χ2v) is 7.18. The lowest BCUT2D eigenvalue weighted by atomic mass is 10.1. The van der Waals surface area contributed by atoms with E-state index in [-0.39, 0.29) is 35.7 Å². The Labute approximate surface area is 164 Å². The second-order valence-electron chi connectivity index (χ2n) is 6.80. The number of nitrogens with one attached hydrogen (secondary N) is 2. The molecule has 27 heavy (non-hydrogen) atoms. The van der Waals surface area contributed by atoms with E-state index in [1.807, 2.05) is 44.2 Å². The summed E-state index contributed by atoms with van der Waals surface area (Å²) < 4.78 is 5.17. The SMILES string of the molecule is CC(C)COC(=O)CC1C(=O)NCCN1C(=S)NC(=O)Cc1ccccc1. The number of carbonyl (C=O) groups excluding carboxylic acids is 3. The molecule has 0 radical (unpaired) electrons. The number of hydrogen-bond donors (Lipinski definition) is 2. The van der Waals surface area contributed by atoms with E-state index >= 15 is 0 Å². The molecule has 0 saturated carbocycles. The molecule has 1 saturated heterocycles. The lowest BCUT2D eigenvalue weighted by molar-refractivity contribution is -0.148. The zero-order valence-corrected chi connectivity index (χ0v) is 16.4. The van der Waals surface area contributed by atoms with E-state index in [0.29, 0.717) is 19.7 Å². The fraction of sp³-hybridized carbons (Fsp3) is 0.474. The van der Waals surface area contributed by atoms with Crippen molar-refractivity contribution in [1.82, 2.24) is 15.5 Å². The molecule has 1 aliphatic heterocycles. The van der Waals surface area contributed by atoms with Gasteiger partial charge in [-0.15, -0.1) is 0 Å². The number of rotatable bonds is 6. The van der Waals surface area contributed by atoms with Gasteiger partial charge in [-0.05, 0) is 23.7 Å². The minimum absolute atomic E-state index is 0.118. The number of carbonyl (C=O) groups is 3. The van der Waals surface area contributed by atoms with E-state index in [1.54, 1.807) is 4.90 Å². The van der Waals surface area contributed by atoms with E-state index in [2.05, 4.69) is 10.6 Å². The van der Waals surface area contributed by atoms with Gasteiger partial charge in [-0.25, -0.2) is 0 Å². The summed E-state index contributed by atoms with van der Waals surface area (Å²) in [5.41, 5.74) is 0.864. The minimum Gasteiger partial charge on any atom is -0.465 e. The fourth-order valence-electron chi connectivity index (χ4n) is 2.65. The van der Waals surface area contributed by atoms with Gasteiger partial charge in [0.15, 0.2) is 5.11 Å². The molecule has 1 aliphatic rings. The van der Waals surface area contributed by atoms with Gasteiger partial charge >= 0.3 is 5.97 Å². The van der Waals surface area contributed by atoms with Gasteiger partial charge in [0, 0.05) is 13.1 Å². The van der Waals surface area contributed by atoms with Gasteiger partial charge in [0.2, 0.25) is 11.8 Å². The lowest BCUT2D eigenvalue weighted by Gasteiger charge is -2.36. The lowest BCUT2D eigenvalue weighted by Crippen LogP contribution is -2.60. The summed E-state index contributed by atoms with van der Waals surface area (Å²) in [5, 5.41) is 5.52. The van der Waals surface area contributed by atoms with Crippen LogP contribution in [0.2, 0.25) is 0 Å². The van der Waals surface area contributed by atoms with E-state index in [1.165, 1.54) is 0 Å². The Hall–Kier alpha value is -2.48. The summed E-state index contributed by atoms with van der Waals surface area (Å²) in [6.07, 6.45) is 0.0648. The first-order valence-corrected chi connectivity index (χ1v) is 9.35. The van der Waals surface area contributed by atoms with Crippen LogP contribution in [-0.4, -0.2) is 53.5 Å². The van der Waals surface area contributed by atoms with E-state index in [4.69, 9.17) is 17.0 Å². The second kappa shape index (κ2) is 10.0. The van der Waals surface area contributed by atoms with Crippen LogP contribution in [0.5, 0.6) is 0 Å². The molecule has 1 atom stereocenters. The van der Waals surface area contributed by atoms with Crippen LogP contribution in [0.25, 0.3) is 0 Å². The van der Waals surface area contributed by atoms with Crippen molar-refractivity contribution in [2.75, 3.05) is 19.7 Å². The summed E-state index contributed by atoms with van der Waals surface area (Å²) >= 11 is 5.32. The summed E-state index contributed by atoms with van der Waals surface area (Å²) in [4.78, 5) is 38.1. The topological polar surface area (TPSA) is 87.7 Å². The third-order valence-corrected chi connectivity index (χ3v) is 4.32. The van der Waals surface area contributed by atoms with Crippen molar-refractivity contribution in [1.29, 1.82) is 0 Å². The van der Waals surface area contributed by atoms with Crippen molar-refractivity contribution in [2.45, 2.75) is 32.7 Å². The Morgan fingerprint density at radius 2 is 2.04 bits per heavy atom. The van der Waals surface area contributed by atoms with Crippen LogP contribution < -0.4 is 10.6 Å². The zero-order valence-electron chi connectivity index (χ0n) is 15.6. The van der Waals surface area contributed by atoms with Crippen molar-refractivity contribution >= 4 is 35.1 Å². The molecular formula is C19H25N3O4S. The van der Waals surface area contributed by atoms with Crippen LogP contribution >= 0.6 is 12.2 Å². The average molecular weight is 391 g/mol. The molecule has 0 aliphatic carbocycles. The summed E-state index contributed by atoms with van der Waals surface area (Å²) in [6.45, 7) is 4.98. The molecule has 1 aromatic carbocycles. The molecule has 1 aromatic rings. The average Bonchev–Trinajstić information content (AvgIpc) is 2.62. The molecule has 0 bridgehead atoms. The highest BCUT2D eigenvalue weighted by atomic mass is 32.1. The van der Waals surface area contributed by atoms with E-state index < -0.39 is 12.0 Å². The first-order chi connectivity index (χ1) is 12.9. The summed E-state index contributed by atoms with van der Waals surface area (Å²) in [6, 6.07) is 8.50. The molecule has 1 unspecified atom stereocenters. The Balaban J connectivity index is 1.95. The molecule has 2 N–H and O–H groups in total. The minimum atomic E-state index is -0.789. The van der Waals surface area contributed by atoms with Gasteiger partial charge < -0.3 is 20.3 Å². The molecule has 8 heteroatoms. The van der Waals surface area contributed by atoms with Crippen molar-refractivity contribution in [3.05, 3.63) is 35.9 Å². The molecule has 0 spiro atoms. The first kappa shape index (κ1) is 20.8. The van der Waals surface area contributed by atoms with Crippen molar-refractivity contribution in [3.8, 4) is 0 Å². The molecule has 2 rings (SSSR count). The molecule has 0 aromatic heterocycles. The van der Waals surface area contributed by atoms with Crippen LogP contribution in [0.1, 0.15) is 25.8 Å². The Morgan fingerprint density at radius 1 is 1.33 bits per heavy atom. The highest BCUT2D eigenvalue weighted by Gasteiger charge is 2.34. The van der Waals surface area contributed by atoms with E-state index in [0.717, 1.165) is 5.56 Å².